The van der Waals surface area contributed by atoms with Crippen LogP contribution in [0.1, 0.15) is 28.8 Å². The van der Waals surface area contributed by atoms with E-state index in [2.05, 4.69) is 5.32 Å². The lowest BCUT2D eigenvalue weighted by atomic mass is 10.1. The summed E-state index contributed by atoms with van der Waals surface area (Å²) in [5.41, 5.74) is 1.94. The van der Waals surface area contributed by atoms with Gasteiger partial charge in [-0.1, -0.05) is 42.1 Å². The topological polar surface area (TPSA) is 90.3 Å². The first-order valence-corrected chi connectivity index (χ1v) is 12.4. The molecule has 0 saturated carbocycles. The minimum Gasteiger partial charge on any atom is -0.385 e. The van der Waals surface area contributed by atoms with Crippen molar-refractivity contribution in [3.8, 4) is 0 Å². The minimum atomic E-state index is -0.401. The summed E-state index contributed by atoms with van der Waals surface area (Å²) < 4.78 is 6.79. The Balaban J connectivity index is 1.48. The second-order valence-electron chi connectivity index (χ2n) is 7.66. The van der Waals surface area contributed by atoms with E-state index in [0.717, 1.165) is 40.6 Å². The Kier molecular flexibility index (Phi) is 7.39. The van der Waals surface area contributed by atoms with Crippen LogP contribution in [0.25, 0.3) is 10.2 Å². The van der Waals surface area contributed by atoms with E-state index in [1.54, 1.807) is 23.0 Å². The molecule has 9 heteroatoms. The van der Waals surface area contributed by atoms with Crippen molar-refractivity contribution in [2.24, 2.45) is 0 Å². The van der Waals surface area contributed by atoms with Gasteiger partial charge >= 0.3 is 0 Å². The van der Waals surface area contributed by atoms with Crippen molar-refractivity contribution in [2.45, 2.75) is 43.8 Å². The van der Waals surface area contributed by atoms with E-state index in [9.17, 15) is 14.4 Å². The average molecular weight is 472 g/mol. The molecule has 0 radical (unpaired) electrons. The number of methoxy groups -OCH3 is 1. The molecule has 0 saturated heterocycles. The van der Waals surface area contributed by atoms with Crippen LogP contribution in [0.5, 0.6) is 0 Å². The van der Waals surface area contributed by atoms with Crippen LogP contribution in [0.2, 0.25) is 0 Å². The second-order valence-corrected chi connectivity index (χ2v) is 9.68. The number of nitrogens with one attached hydrogen (secondary N) is 1. The summed E-state index contributed by atoms with van der Waals surface area (Å²) in [6.45, 7) is 1.00. The average Bonchev–Trinajstić information content (AvgIpc) is 3.35. The quantitative estimate of drug-likeness (QED) is 0.293. The zero-order valence-corrected chi connectivity index (χ0v) is 19.5. The normalized spacial score (nSPS) is 12.8. The van der Waals surface area contributed by atoms with Gasteiger partial charge in [-0.25, -0.2) is 4.98 Å². The fourth-order valence-corrected chi connectivity index (χ4v) is 6.01. The van der Waals surface area contributed by atoms with Gasteiger partial charge in [-0.15, -0.1) is 11.3 Å². The number of carbonyl (C=O) groups is 2. The fraction of sp³-hybridized carbons (Fsp3) is 0.391. The van der Waals surface area contributed by atoms with Gasteiger partial charge < -0.3 is 4.74 Å². The van der Waals surface area contributed by atoms with Gasteiger partial charge in [0.2, 0.25) is 11.8 Å². The van der Waals surface area contributed by atoms with Crippen LogP contribution in [-0.4, -0.2) is 40.8 Å². The molecule has 4 rings (SSSR count). The molecule has 168 valence electrons. The molecule has 32 heavy (non-hydrogen) atoms. The molecule has 1 aliphatic rings. The summed E-state index contributed by atoms with van der Waals surface area (Å²) in [5, 5.41) is 3.65. The molecule has 0 unspecified atom stereocenters. The summed E-state index contributed by atoms with van der Waals surface area (Å²) in [5.74, 6) is -0.742. The number of carbonyl (C=O) groups excluding carboxylic acids is 2. The number of thiophene rings is 1. The highest BCUT2D eigenvalue weighted by molar-refractivity contribution is 7.99. The molecule has 3 aromatic rings. The summed E-state index contributed by atoms with van der Waals surface area (Å²) in [6.07, 6.45) is 3.81. The molecule has 2 amide bonds. The lowest BCUT2D eigenvalue weighted by molar-refractivity contribution is -0.128. The maximum absolute atomic E-state index is 13.3. The molecule has 1 aromatic carbocycles. The van der Waals surface area contributed by atoms with Gasteiger partial charge in [0.15, 0.2) is 5.16 Å². The molecule has 2 heterocycles. The number of fused-ring (bicyclic) bond motifs is 3. The van der Waals surface area contributed by atoms with Crippen molar-refractivity contribution in [2.75, 3.05) is 19.5 Å². The molecule has 0 spiro atoms. The van der Waals surface area contributed by atoms with E-state index < -0.39 is 5.91 Å². The number of thioether (sulfide) groups is 1. The number of rotatable bonds is 9. The van der Waals surface area contributed by atoms with Gasteiger partial charge in [0.1, 0.15) is 4.83 Å². The van der Waals surface area contributed by atoms with Crippen LogP contribution in [0.15, 0.2) is 40.3 Å². The lowest BCUT2D eigenvalue weighted by Gasteiger charge is -2.12. The molecular weight excluding hydrogens is 446 g/mol. The van der Waals surface area contributed by atoms with Crippen LogP contribution < -0.4 is 10.9 Å². The van der Waals surface area contributed by atoms with Crippen molar-refractivity contribution in [1.82, 2.24) is 14.9 Å². The van der Waals surface area contributed by atoms with E-state index in [4.69, 9.17) is 9.72 Å². The third-order valence-electron chi connectivity index (χ3n) is 5.34. The van der Waals surface area contributed by atoms with Gasteiger partial charge in [-0.3, -0.25) is 24.3 Å². The Morgan fingerprint density at radius 2 is 2.03 bits per heavy atom. The summed E-state index contributed by atoms with van der Waals surface area (Å²) in [4.78, 5) is 44.6. The molecule has 1 N–H and O–H groups in total. The Morgan fingerprint density at radius 3 is 2.81 bits per heavy atom. The van der Waals surface area contributed by atoms with E-state index >= 15 is 0 Å². The van der Waals surface area contributed by atoms with Gasteiger partial charge in [0.25, 0.3) is 5.56 Å². The number of imide groups is 1. The molecule has 0 atom stereocenters. The zero-order chi connectivity index (χ0) is 22.5. The summed E-state index contributed by atoms with van der Waals surface area (Å²) >= 11 is 2.77. The number of amides is 2. The predicted molar refractivity (Wildman–Crippen MR) is 126 cm³/mol. The van der Waals surface area contributed by atoms with E-state index in [1.165, 1.54) is 16.6 Å². The summed E-state index contributed by atoms with van der Waals surface area (Å²) in [7, 11) is 1.63. The standard InChI is InChI=1S/C23H25N3O4S2/c1-30-12-6-11-26-22(29)20-16-9-5-10-17(16)32-21(20)25-23(26)31-14-19(28)24-18(27)13-15-7-3-2-4-8-15/h2-4,7-8H,5-6,9-14H2,1H3,(H,24,27,28). The van der Waals surface area contributed by atoms with Gasteiger partial charge in [-0.2, -0.15) is 0 Å². The van der Waals surface area contributed by atoms with Crippen LogP contribution >= 0.6 is 23.1 Å². The number of hydrogen-bond acceptors (Lipinski definition) is 7. The predicted octanol–water partition coefficient (Wildman–Crippen LogP) is 2.96. The number of aromatic nitrogens is 2. The maximum Gasteiger partial charge on any atom is 0.263 e. The zero-order valence-electron chi connectivity index (χ0n) is 17.9. The molecule has 2 aromatic heterocycles. The third kappa shape index (κ3) is 5.11. The Morgan fingerprint density at radius 1 is 1.22 bits per heavy atom. The van der Waals surface area contributed by atoms with Crippen molar-refractivity contribution in [1.29, 1.82) is 0 Å². The SMILES string of the molecule is COCCCn1c(SCC(=O)NC(=O)Cc2ccccc2)nc2sc3c(c2c1=O)CCC3. The molecule has 0 fully saturated rings. The molecule has 0 aliphatic heterocycles. The highest BCUT2D eigenvalue weighted by Gasteiger charge is 2.23. The molecular formula is C23H25N3O4S2. The first kappa shape index (κ1) is 22.7. The Hall–Kier alpha value is -2.49. The van der Waals surface area contributed by atoms with E-state index in [-0.39, 0.29) is 23.6 Å². The van der Waals surface area contributed by atoms with Crippen LogP contribution in [0, 0.1) is 0 Å². The van der Waals surface area contributed by atoms with Crippen LogP contribution in [0.3, 0.4) is 0 Å². The van der Waals surface area contributed by atoms with Crippen molar-refractivity contribution < 1.29 is 14.3 Å². The van der Waals surface area contributed by atoms with Crippen molar-refractivity contribution in [3.05, 3.63) is 56.7 Å². The summed E-state index contributed by atoms with van der Waals surface area (Å²) in [6, 6.07) is 9.27. The number of benzene rings is 1. The number of aryl methyl sites for hydroxylation is 2. The Labute approximate surface area is 194 Å². The van der Waals surface area contributed by atoms with Gasteiger partial charge in [0.05, 0.1) is 17.6 Å². The van der Waals surface area contributed by atoms with Crippen molar-refractivity contribution in [3.63, 3.8) is 0 Å². The second kappa shape index (κ2) is 10.4. The largest absolute Gasteiger partial charge is 0.385 e. The highest BCUT2D eigenvalue weighted by Crippen LogP contribution is 2.35. The maximum atomic E-state index is 13.3. The molecule has 0 bridgehead atoms. The van der Waals surface area contributed by atoms with Crippen LogP contribution in [-0.2, 0) is 40.1 Å². The Bertz CT molecular complexity index is 1190. The number of nitrogens with zero attached hydrogens (tertiary/aromatic N) is 2. The highest BCUT2D eigenvalue weighted by atomic mass is 32.2. The number of hydrogen-bond donors (Lipinski definition) is 1. The first-order chi connectivity index (χ1) is 15.6. The minimum absolute atomic E-state index is 0.00778. The van der Waals surface area contributed by atoms with E-state index in [0.29, 0.717) is 24.7 Å². The number of ether oxygens (including phenoxy) is 1. The lowest BCUT2D eigenvalue weighted by Crippen LogP contribution is -2.33. The molecule has 1 aliphatic carbocycles. The van der Waals surface area contributed by atoms with Gasteiger partial charge in [-0.05, 0) is 36.8 Å². The van der Waals surface area contributed by atoms with Crippen LogP contribution in [0.4, 0.5) is 0 Å². The van der Waals surface area contributed by atoms with Crippen molar-refractivity contribution >= 4 is 45.1 Å². The fourth-order valence-electron chi connectivity index (χ4n) is 3.88. The molecule has 7 nitrogen and oxygen atoms in total. The van der Waals surface area contributed by atoms with E-state index in [1.807, 2.05) is 30.3 Å². The van der Waals surface area contributed by atoms with Gasteiger partial charge in [0, 0.05) is 25.1 Å². The smallest absolute Gasteiger partial charge is 0.263 e. The third-order valence-corrected chi connectivity index (χ3v) is 7.50. The monoisotopic (exact) mass is 471 g/mol. The first-order valence-electron chi connectivity index (χ1n) is 10.6.